The van der Waals surface area contributed by atoms with E-state index >= 15 is 0 Å². The van der Waals surface area contributed by atoms with Gasteiger partial charge in [-0.05, 0) is 19.1 Å². The number of thioether (sulfide) groups is 1. The number of nitrogens with zero attached hydrogens (tertiary/aromatic N) is 2. The molecule has 1 atom stereocenters. The first kappa shape index (κ1) is 14.3. The predicted octanol–water partition coefficient (Wildman–Crippen LogP) is 1.78. The highest BCUT2D eigenvalue weighted by Gasteiger charge is 2.18. The molecule has 0 aliphatic heterocycles. The molecule has 1 aromatic carbocycles. The average Bonchev–Trinajstić information content (AvgIpc) is 2.79. The highest BCUT2D eigenvalue weighted by Crippen LogP contribution is 2.22. The highest BCUT2D eigenvalue weighted by atomic mass is 32.2. The van der Waals surface area contributed by atoms with Crippen LogP contribution in [0.3, 0.4) is 0 Å². The van der Waals surface area contributed by atoms with E-state index in [0.717, 1.165) is 30.0 Å². The van der Waals surface area contributed by atoms with Gasteiger partial charge in [-0.1, -0.05) is 11.8 Å². The molecule has 20 heavy (non-hydrogen) atoms. The Balaban J connectivity index is 2.02. The molecule has 1 amide bonds. The quantitative estimate of drug-likeness (QED) is 0.748. The average molecular weight is 299 g/mol. The Morgan fingerprint density at radius 3 is 2.90 bits per heavy atom. The summed E-state index contributed by atoms with van der Waals surface area (Å²) < 4.78 is 26.4. The zero-order valence-electron chi connectivity index (χ0n) is 10.4. The summed E-state index contributed by atoms with van der Waals surface area (Å²) in [5.74, 6) is -1.71. The molecule has 6 nitrogen and oxygen atoms in total. The minimum absolute atomic E-state index is 0.135. The molecule has 1 unspecified atom stereocenters. The largest absolute Gasteiger partial charge is 0.368 e. The lowest BCUT2D eigenvalue weighted by molar-refractivity contribution is -0.115. The monoisotopic (exact) mass is 299 g/mol. The van der Waals surface area contributed by atoms with Crippen molar-refractivity contribution in [3.05, 3.63) is 29.8 Å². The first-order valence-corrected chi connectivity index (χ1v) is 6.44. The van der Waals surface area contributed by atoms with Crippen LogP contribution in [-0.4, -0.2) is 26.3 Å². The summed E-state index contributed by atoms with van der Waals surface area (Å²) in [4.78, 5) is 15.7. The lowest BCUT2D eigenvalue weighted by Gasteiger charge is -2.10. The minimum atomic E-state index is -0.709. The van der Waals surface area contributed by atoms with Gasteiger partial charge in [0.05, 0.1) is 10.9 Å². The van der Waals surface area contributed by atoms with Gasteiger partial charge in [-0.25, -0.2) is 13.9 Å². The Bertz CT molecular complexity index is 633. The Labute approximate surface area is 117 Å². The van der Waals surface area contributed by atoms with Gasteiger partial charge in [-0.3, -0.25) is 4.79 Å². The van der Waals surface area contributed by atoms with E-state index in [-0.39, 0.29) is 11.6 Å². The smallest absolute Gasteiger partial charge is 0.237 e. The first-order chi connectivity index (χ1) is 9.45. The summed E-state index contributed by atoms with van der Waals surface area (Å²) in [5, 5.41) is 8.20. The topological polar surface area (TPSA) is 96.7 Å². The molecule has 9 heteroatoms. The molecule has 0 radical (unpaired) electrons. The summed E-state index contributed by atoms with van der Waals surface area (Å²) in [6, 6.07) is 2.83. The van der Waals surface area contributed by atoms with Gasteiger partial charge in [0.2, 0.25) is 17.0 Å². The number of nitrogen functional groups attached to an aromatic ring is 1. The summed E-state index contributed by atoms with van der Waals surface area (Å²) in [6.07, 6.45) is 0. The molecular weight excluding hydrogens is 288 g/mol. The van der Waals surface area contributed by atoms with Crippen LogP contribution in [0.15, 0.2) is 23.4 Å². The molecule has 0 aliphatic rings. The van der Waals surface area contributed by atoms with Crippen LogP contribution < -0.4 is 11.1 Å². The zero-order chi connectivity index (χ0) is 14.7. The van der Waals surface area contributed by atoms with Crippen molar-refractivity contribution >= 4 is 29.3 Å². The zero-order valence-corrected chi connectivity index (χ0v) is 11.2. The number of carbonyl (C=O) groups excluding carboxylic acids is 1. The van der Waals surface area contributed by atoms with Gasteiger partial charge in [0.25, 0.3) is 0 Å². The number of rotatable bonds is 4. The third kappa shape index (κ3) is 3.44. The van der Waals surface area contributed by atoms with E-state index in [1.807, 2.05) is 0 Å². The van der Waals surface area contributed by atoms with Gasteiger partial charge in [-0.2, -0.15) is 4.98 Å². The van der Waals surface area contributed by atoms with Crippen molar-refractivity contribution in [3.8, 4) is 0 Å². The van der Waals surface area contributed by atoms with Gasteiger partial charge in [-0.15, -0.1) is 5.10 Å². The van der Waals surface area contributed by atoms with E-state index in [0.29, 0.717) is 5.16 Å². The number of nitrogens with one attached hydrogen (secondary N) is 2. The van der Waals surface area contributed by atoms with Crippen LogP contribution in [0, 0.1) is 11.6 Å². The number of nitrogens with two attached hydrogens (primary N) is 1. The normalized spacial score (nSPS) is 12.2. The lowest BCUT2D eigenvalue weighted by atomic mass is 10.3. The molecule has 0 saturated heterocycles. The van der Waals surface area contributed by atoms with E-state index in [2.05, 4.69) is 20.5 Å². The van der Waals surface area contributed by atoms with Crippen LogP contribution in [0.2, 0.25) is 0 Å². The van der Waals surface area contributed by atoms with E-state index in [1.54, 1.807) is 6.92 Å². The Morgan fingerprint density at radius 1 is 1.50 bits per heavy atom. The minimum Gasteiger partial charge on any atom is -0.368 e. The number of benzene rings is 1. The Morgan fingerprint density at radius 2 is 2.25 bits per heavy atom. The SMILES string of the molecule is CC(Sc1n[nH]c(N)n1)C(=O)Nc1cc(F)ccc1F. The van der Waals surface area contributed by atoms with Gasteiger partial charge in [0.1, 0.15) is 11.6 Å². The number of halogens is 2. The number of amides is 1. The van der Waals surface area contributed by atoms with Crippen molar-refractivity contribution < 1.29 is 13.6 Å². The summed E-state index contributed by atoms with van der Waals surface area (Å²) in [5.41, 5.74) is 5.15. The van der Waals surface area contributed by atoms with Crippen LogP contribution in [0.4, 0.5) is 20.4 Å². The third-order valence-corrected chi connectivity index (χ3v) is 3.28. The number of aromatic nitrogens is 3. The van der Waals surface area contributed by atoms with Crippen molar-refractivity contribution in [2.75, 3.05) is 11.1 Å². The Kier molecular flexibility index (Phi) is 4.18. The number of hydrogen-bond acceptors (Lipinski definition) is 5. The van der Waals surface area contributed by atoms with Crippen LogP contribution in [-0.2, 0) is 4.79 Å². The second kappa shape index (κ2) is 5.87. The Hall–Kier alpha value is -2.16. The van der Waals surface area contributed by atoms with E-state index in [4.69, 9.17) is 5.73 Å². The fourth-order valence-electron chi connectivity index (χ4n) is 1.35. The van der Waals surface area contributed by atoms with Crippen LogP contribution >= 0.6 is 11.8 Å². The molecule has 0 fully saturated rings. The molecule has 0 saturated carbocycles. The summed E-state index contributed by atoms with van der Waals surface area (Å²) in [6.45, 7) is 1.59. The van der Waals surface area contributed by atoms with E-state index in [9.17, 15) is 13.6 Å². The first-order valence-electron chi connectivity index (χ1n) is 5.56. The predicted molar refractivity (Wildman–Crippen MR) is 71.1 cm³/mol. The van der Waals surface area contributed by atoms with Crippen LogP contribution in [0.5, 0.6) is 0 Å². The van der Waals surface area contributed by atoms with Crippen molar-refractivity contribution in [2.45, 2.75) is 17.3 Å². The van der Waals surface area contributed by atoms with Gasteiger partial charge in [0, 0.05) is 6.07 Å². The highest BCUT2D eigenvalue weighted by molar-refractivity contribution is 8.00. The number of carbonyl (C=O) groups is 1. The number of H-pyrrole nitrogens is 1. The standard InChI is InChI=1S/C11H11F2N5OS/c1-5(20-11-16-10(14)17-18-11)9(19)15-8-4-6(12)2-3-7(8)13/h2-5H,1H3,(H,15,19)(H3,14,16,17,18). The molecule has 2 aromatic rings. The van der Waals surface area contributed by atoms with Crippen LogP contribution in [0.1, 0.15) is 6.92 Å². The lowest BCUT2D eigenvalue weighted by Crippen LogP contribution is -2.23. The summed E-state index contributed by atoms with van der Waals surface area (Å²) in [7, 11) is 0. The fraction of sp³-hybridized carbons (Fsp3) is 0.182. The maximum atomic E-state index is 13.4. The fourth-order valence-corrected chi connectivity index (χ4v) is 2.08. The second-order valence-corrected chi connectivity index (χ2v) is 5.18. The maximum Gasteiger partial charge on any atom is 0.237 e. The van der Waals surface area contributed by atoms with Crippen molar-refractivity contribution in [1.29, 1.82) is 0 Å². The number of hydrogen-bond donors (Lipinski definition) is 3. The maximum absolute atomic E-state index is 13.4. The summed E-state index contributed by atoms with van der Waals surface area (Å²) >= 11 is 1.04. The molecule has 106 valence electrons. The molecule has 4 N–H and O–H groups in total. The molecule has 2 rings (SSSR count). The molecular formula is C11H11F2N5OS. The van der Waals surface area contributed by atoms with Gasteiger partial charge < -0.3 is 11.1 Å². The van der Waals surface area contributed by atoms with Crippen molar-refractivity contribution in [1.82, 2.24) is 15.2 Å². The van der Waals surface area contributed by atoms with Crippen molar-refractivity contribution in [2.24, 2.45) is 0 Å². The van der Waals surface area contributed by atoms with Crippen LogP contribution in [0.25, 0.3) is 0 Å². The number of aromatic amines is 1. The number of anilines is 2. The molecule has 0 bridgehead atoms. The molecule has 1 aromatic heterocycles. The van der Waals surface area contributed by atoms with Gasteiger partial charge in [0.15, 0.2) is 0 Å². The van der Waals surface area contributed by atoms with E-state index < -0.39 is 22.8 Å². The molecule has 0 spiro atoms. The second-order valence-electron chi connectivity index (χ2n) is 3.88. The molecule has 1 heterocycles. The van der Waals surface area contributed by atoms with E-state index in [1.165, 1.54) is 0 Å². The van der Waals surface area contributed by atoms with Gasteiger partial charge >= 0.3 is 0 Å². The third-order valence-electron chi connectivity index (χ3n) is 2.32. The molecule has 0 aliphatic carbocycles. The van der Waals surface area contributed by atoms with Crippen molar-refractivity contribution in [3.63, 3.8) is 0 Å².